The van der Waals surface area contributed by atoms with Gasteiger partial charge in [0, 0.05) is 5.69 Å². The van der Waals surface area contributed by atoms with Gasteiger partial charge in [-0.25, -0.2) is 4.79 Å². The number of hydrogen-bond acceptors (Lipinski definition) is 2. The fourth-order valence-electron chi connectivity index (χ4n) is 2.22. The standard InChI is InChI=1S/C14H17NO2/c16-14(15-12-4-2-1-3-5-12)17-13(10-6-7-10)11-8-9-11/h1-5,10-11,13H,6-9H2,(H,15,16). The van der Waals surface area contributed by atoms with Crippen molar-refractivity contribution in [3.63, 3.8) is 0 Å². The molecule has 2 aliphatic carbocycles. The molecule has 0 bridgehead atoms. The van der Waals surface area contributed by atoms with Gasteiger partial charge in [-0.3, -0.25) is 5.32 Å². The van der Waals surface area contributed by atoms with Gasteiger partial charge in [-0.2, -0.15) is 0 Å². The van der Waals surface area contributed by atoms with Crippen molar-refractivity contribution in [2.24, 2.45) is 11.8 Å². The summed E-state index contributed by atoms with van der Waals surface area (Å²) in [5.41, 5.74) is 0.794. The SMILES string of the molecule is O=C(Nc1ccccc1)OC(C1CC1)C1CC1. The Morgan fingerprint density at radius 3 is 2.24 bits per heavy atom. The molecule has 17 heavy (non-hydrogen) atoms. The number of rotatable bonds is 4. The Bertz CT molecular complexity index is 384. The molecule has 1 N–H and O–H groups in total. The number of nitrogens with one attached hydrogen (secondary N) is 1. The molecule has 1 aromatic rings. The van der Waals surface area contributed by atoms with E-state index in [9.17, 15) is 4.79 Å². The Balaban J connectivity index is 1.55. The van der Waals surface area contributed by atoms with E-state index in [4.69, 9.17) is 4.74 Å². The van der Waals surface area contributed by atoms with Crippen LogP contribution in [0, 0.1) is 11.8 Å². The van der Waals surface area contributed by atoms with E-state index in [1.165, 1.54) is 25.7 Å². The number of hydrogen-bond donors (Lipinski definition) is 1. The van der Waals surface area contributed by atoms with Crippen LogP contribution in [-0.4, -0.2) is 12.2 Å². The molecule has 0 spiro atoms. The van der Waals surface area contributed by atoms with Gasteiger partial charge in [0.25, 0.3) is 0 Å². The molecule has 0 unspecified atom stereocenters. The molecule has 0 aromatic heterocycles. The molecular formula is C14H17NO2. The van der Waals surface area contributed by atoms with E-state index < -0.39 is 0 Å². The van der Waals surface area contributed by atoms with Crippen molar-refractivity contribution in [2.75, 3.05) is 5.32 Å². The molecule has 3 heteroatoms. The van der Waals surface area contributed by atoms with E-state index in [-0.39, 0.29) is 12.2 Å². The van der Waals surface area contributed by atoms with Crippen molar-refractivity contribution in [1.29, 1.82) is 0 Å². The van der Waals surface area contributed by atoms with Crippen LogP contribution in [0.2, 0.25) is 0 Å². The number of carbonyl (C=O) groups is 1. The van der Waals surface area contributed by atoms with Crippen LogP contribution >= 0.6 is 0 Å². The molecule has 1 aromatic carbocycles. The summed E-state index contributed by atoms with van der Waals surface area (Å²) in [6.07, 6.45) is 4.75. The van der Waals surface area contributed by atoms with Gasteiger partial charge in [-0.1, -0.05) is 18.2 Å². The third-order valence-electron chi connectivity index (χ3n) is 3.44. The third kappa shape index (κ3) is 2.78. The highest BCUT2D eigenvalue weighted by Gasteiger charge is 2.44. The summed E-state index contributed by atoms with van der Waals surface area (Å²) in [7, 11) is 0. The van der Waals surface area contributed by atoms with Crippen LogP contribution in [-0.2, 0) is 4.74 Å². The van der Waals surface area contributed by atoms with Gasteiger partial charge in [0.15, 0.2) is 0 Å². The first-order valence-corrected chi connectivity index (χ1v) is 6.35. The third-order valence-corrected chi connectivity index (χ3v) is 3.44. The van der Waals surface area contributed by atoms with Crippen LogP contribution in [0.25, 0.3) is 0 Å². The van der Waals surface area contributed by atoms with Crippen molar-refractivity contribution in [1.82, 2.24) is 0 Å². The van der Waals surface area contributed by atoms with Crippen LogP contribution in [0.1, 0.15) is 25.7 Å². The van der Waals surface area contributed by atoms with Crippen LogP contribution in [0.3, 0.4) is 0 Å². The average Bonchev–Trinajstić information content (AvgIpc) is 3.19. The largest absolute Gasteiger partial charge is 0.445 e. The van der Waals surface area contributed by atoms with Gasteiger partial charge in [-0.05, 0) is 49.7 Å². The zero-order chi connectivity index (χ0) is 11.7. The summed E-state index contributed by atoms with van der Waals surface area (Å²) in [5, 5.41) is 2.78. The molecule has 2 aliphatic rings. The predicted octanol–water partition coefficient (Wildman–Crippen LogP) is 3.42. The van der Waals surface area contributed by atoms with Crippen LogP contribution in [0.15, 0.2) is 30.3 Å². The summed E-state index contributed by atoms with van der Waals surface area (Å²) < 4.78 is 5.55. The lowest BCUT2D eigenvalue weighted by Gasteiger charge is -2.17. The number of carbonyl (C=O) groups excluding carboxylic acids is 1. The first-order chi connectivity index (χ1) is 8.33. The minimum atomic E-state index is -0.306. The fraction of sp³-hybridized carbons (Fsp3) is 0.500. The fourth-order valence-corrected chi connectivity index (χ4v) is 2.22. The number of para-hydroxylation sites is 1. The second kappa shape index (κ2) is 4.40. The second-order valence-corrected chi connectivity index (χ2v) is 5.04. The summed E-state index contributed by atoms with van der Waals surface area (Å²) >= 11 is 0. The van der Waals surface area contributed by atoms with Gasteiger partial charge in [-0.15, -0.1) is 0 Å². The Hall–Kier alpha value is -1.51. The first-order valence-electron chi connectivity index (χ1n) is 6.35. The smallest absolute Gasteiger partial charge is 0.411 e. The molecular weight excluding hydrogens is 214 g/mol. The van der Waals surface area contributed by atoms with Crippen LogP contribution in [0.4, 0.5) is 10.5 Å². The Kier molecular flexibility index (Phi) is 2.75. The van der Waals surface area contributed by atoms with E-state index in [1.807, 2.05) is 30.3 Å². The lowest BCUT2D eigenvalue weighted by Crippen LogP contribution is -2.25. The van der Waals surface area contributed by atoms with E-state index >= 15 is 0 Å². The molecule has 3 nitrogen and oxygen atoms in total. The molecule has 1 amide bonds. The van der Waals surface area contributed by atoms with E-state index in [0.29, 0.717) is 11.8 Å². The number of benzene rings is 1. The van der Waals surface area contributed by atoms with Crippen LogP contribution in [0.5, 0.6) is 0 Å². The molecule has 2 fully saturated rings. The van der Waals surface area contributed by atoms with E-state index in [2.05, 4.69) is 5.32 Å². The summed E-state index contributed by atoms with van der Waals surface area (Å²) in [6.45, 7) is 0. The summed E-state index contributed by atoms with van der Waals surface area (Å²) in [5.74, 6) is 1.26. The highest BCUT2D eigenvalue weighted by atomic mass is 16.6. The van der Waals surface area contributed by atoms with Gasteiger partial charge in [0.1, 0.15) is 6.10 Å². The zero-order valence-corrected chi connectivity index (χ0v) is 9.76. The van der Waals surface area contributed by atoms with Crippen molar-refractivity contribution in [2.45, 2.75) is 31.8 Å². The van der Waals surface area contributed by atoms with Crippen molar-refractivity contribution in [3.8, 4) is 0 Å². The topological polar surface area (TPSA) is 38.3 Å². The molecule has 0 heterocycles. The van der Waals surface area contributed by atoms with E-state index in [1.54, 1.807) is 0 Å². The van der Waals surface area contributed by atoms with Gasteiger partial charge in [0.05, 0.1) is 0 Å². The van der Waals surface area contributed by atoms with Crippen LogP contribution < -0.4 is 5.32 Å². The lowest BCUT2D eigenvalue weighted by molar-refractivity contribution is 0.0835. The molecule has 2 saturated carbocycles. The van der Waals surface area contributed by atoms with Crippen molar-refractivity contribution < 1.29 is 9.53 Å². The van der Waals surface area contributed by atoms with Gasteiger partial charge >= 0.3 is 6.09 Å². The number of amides is 1. The van der Waals surface area contributed by atoms with Crippen molar-refractivity contribution >= 4 is 11.8 Å². The minimum absolute atomic E-state index is 0.165. The summed E-state index contributed by atoms with van der Waals surface area (Å²) in [6, 6.07) is 9.45. The second-order valence-electron chi connectivity index (χ2n) is 5.04. The molecule has 0 atom stereocenters. The van der Waals surface area contributed by atoms with Crippen molar-refractivity contribution in [3.05, 3.63) is 30.3 Å². The minimum Gasteiger partial charge on any atom is -0.445 e. The Morgan fingerprint density at radius 2 is 1.71 bits per heavy atom. The summed E-state index contributed by atoms with van der Waals surface area (Å²) in [4.78, 5) is 11.8. The lowest BCUT2D eigenvalue weighted by atomic mass is 10.1. The highest BCUT2D eigenvalue weighted by molar-refractivity contribution is 5.84. The van der Waals surface area contributed by atoms with Gasteiger partial charge in [0.2, 0.25) is 0 Å². The molecule has 0 saturated heterocycles. The quantitative estimate of drug-likeness (QED) is 0.862. The normalized spacial score (nSPS) is 19.1. The zero-order valence-electron chi connectivity index (χ0n) is 9.76. The maximum atomic E-state index is 11.8. The average molecular weight is 231 g/mol. The Morgan fingerprint density at radius 1 is 1.12 bits per heavy atom. The molecule has 0 radical (unpaired) electrons. The van der Waals surface area contributed by atoms with Gasteiger partial charge < -0.3 is 4.74 Å². The molecule has 0 aliphatic heterocycles. The monoisotopic (exact) mass is 231 g/mol. The predicted molar refractivity (Wildman–Crippen MR) is 65.8 cm³/mol. The first kappa shape index (κ1) is 10.6. The number of ether oxygens (including phenoxy) is 1. The maximum absolute atomic E-state index is 11.8. The highest BCUT2D eigenvalue weighted by Crippen LogP contribution is 2.46. The molecule has 3 rings (SSSR count). The Labute approximate surface area is 101 Å². The van der Waals surface area contributed by atoms with E-state index in [0.717, 1.165) is 5.69 Å². The number of anilines is 1. The maximum Gasteiger partial charge on any atom is 0.411 e. The molecule has 90 valence electrons.